The van der Waals surface area contributed by atoms with Gasteiger partial charge in [-0.15, -0.1) is 0 Å². The van der Waals surface area contributed by atoms with Gasteiger partial charge in [0.1, 0.15) is 6.33 Å². The van der Waals surface area contributed by atoms with E-state index in [0.29, 0.717) is 5.69 Å². The van der Waals surface area contributed by atoms with E-state index in [2.05, 4.69) is 15.1 Å². The van der Waals surface area contributed by atoms with Crippen LogP contribution in [0.5, 0.6) is 11.6 Å². The number of hydrogen-bond acceptors (Lipinski definition) is 5. The lowest BCUT2D eigenvalue weighted by Gasteiger charge is -2.12. The number of benzene rings is 1. The molecule has 2 heterocycles. The number of hydrogen-bond donors (Lipinski definition) is 1. The number of oxime groups is 1. The van der Waals surface area contributed by atoms with E-state index in [1.54, 1.807) is 25.3 Å². The zero-order valence-corrected chi connectivity index (χ0v) is 12.5. The standard InChI is InChI=1S/C16H12F2N4O2/c1-10-8-22(9-20-10)15(21-23)11-4-3-7-19-16(11)24-14-12(17)5-2-6-13(14)18/h2-9,23H,1H3/b21-15-. The molecule has 1 aromatic carbocycles. The number of pyridine rings is 1. The molecular formula is C16H12F2N4O2. The molecule has 0 radical (unpaired) electrons. The Morgan fingerprint density at radius 3 is 2.54 bits per heavy atom. The fraction of sp³-hybridized carbons (Fsp3) is 0.0625. The minimum atomic E-state index is -0.868. The van der Waals surface area contributed by atoms with Gasteiger partial charge in [-0.1, -0.05) is 11.2 Å². The van der Waals surface area contributed by atoms with Gasteiger partial charge in [0, 0.05) is 12.4 Å². The van der Waals surface area contributed by atoms with Gasteiger partial charge in [0.2, 0.25) is 11.6 Å². The van der Waals surface area contributed by atoms with E-state index in [4.69, 9.17) is 4.74 Å². The number of rotatable bonds is 3. The lowest BCUT2D eigenvalue weighted by Crippen LogP contribution is -2.14. The molecule has 2 aromatic heterocycles. The summed E-state index contributed by atoms with van der Waals surface area (Å²) in [5, 5.41) is 12.6. The highest BCUT2D eigenvalue weighted by Gasteiger charge is 2.18. The summed E-state index contributed by atoms with van der Waals surface area (Å²) in [4.78, 5) is 8.02. The lowest BCUT2D eigenvalue weighted by molar-refractivity contribution is 0.316. The van der Waals surface area contributed by atoms with Crippen molar-refractivity contribution in [1.29, 1.82) is 0 Å². The molecule has 0 bridgehead atoms. The Morgan fingerprint density at radius 1 is 1.17 bits per heavy atom. The molecule has 122 valence electrons. The third-order valence-electron chi connectivity index (χ3n) is 3.18. The van der Waals surface area contributed by atoms with Crippen molar-refractivity contribution in [2.45, 2.75) is 6.92 Å². The van der Waals surface area contributed by atoms with Gasteiger partial charge in [-0.3, -0.25) is 4.57 Å². The van der Waals surface area contributed by atoms with Gasteiger partial charge in [0.25, 0.3) is 0 Å². The minimum Gasteiger partial charge on any atom is -0.432 e. The average Bonchev–Trinajstić information content (AvgIpc) is 2.99. The van der Waals surface area contributed by atoms with Crippen molar-refractivity contribution in [2.24, 2.45) is 5.16 Å². The summed E-state index contributed by atoms with van der Waals surface area (Å²) in [5.74, 6) is -2.38. The topological polar surface area (TPSA) is 72.5 Å². The second-order valence-electron chi connectivity index (χ2n) is 4.85. The maximum atomic E-state index is 13.8. The van der Waals surface area contributed by atoms with Crippen LogP contribution >= 0.6 is 0 Å². The molecule has 0 atom stereocenters. The van der Waals surface area contributed by atoms with Gasteiger partial charge in [-0.2, -0.15) is 0 Å². The summed E-state index contributed by atoms with van der Waals surface area (Å²) < 4.78 is 34.3. The first kappa shape index (κ1) is 15.6. The fourth-order valence-corrected chi connectivity index (χ4v) is 2.10. The van der Waals surface area contributed by atoms with Crippen LogP contribution in [-0.4, -0.2) is 25.6 Å². The van der Waals surface area contributed by atoms with Crippen molar-refractivity contribution < 1.29 is 18.7 Å². The first-order chi connectivity index (χ1) is 11.6. The molecule has 6 nitrogen and oxygen atoms in total. The third kappa shape index (κ3) is 2.94. The highest BCUT2D eigenvalue weighted by Crippen LogP contribution is 2.28. The van der Waals surface area contributed by atoms with Gasteiger partial charge in [0.05, 0.1) is 11.3 Å². The van der Waals surface area contributed by atoms with Crippen LogP contribution in [0.4, 0.5) is 8.78 Å². The van der Waals surface area contributed by atoms with Crippen LogP contribution in [0.1, 0.15) is 11.3 Å². The molecule has 3 rings (SSSR count). The maximum Gasteiger partial charge on any atom is 0.230 e. The Morgan fingerprint density at radius 2 is 1.92 bits per heavy atom. The minimum absolute atomic E-state index is 0.0513. The molecule has 0 spiro atoms. The number of aromatic nitrogens is 3. The van der Waals surface area contributed by atoms with Crippen molar-refractivity contribution in [1.82, 2.24) is 14.5 Å². The molecule has 0 amide bonds. The fourth-order valence-electron chi connectivity index (χ4n) is 2.10. The lowest BCUT2D eigenvalue weighted by atomic mass is 10.2. The van der Waals surface area contributed by atoms with Crippen molar-refractivity contribution in [3.63, 3.8) is 0 Å². The highest BCUT2D eigenvalue weighted by atomic mass is 19.1. The van der Waals surface area contributed by atoms with Crippen molar-refractivity contribution in [3.05, 3.63) is 71.9 Å². The number of para-hydroxylation sites is 1. The Kier molecular flexibility index (Phi) is 4.19. The Bertz CT molecular complexity index is 888. The molecule has 24 heavy (non-hydrogen) atoms. The van der Waals surface area contributed by atoms with E-state index in [1.807, 2.05) is 0 Å². The Labute approximate surface area is 135 Å². The van der Waals surface area contributed by atoms with Crippen LogP contribution in [-0.2, 0) is 0 Å². The number of aryl methyl sites for hydroxylation is 1. The van der Waals surface area contributed by atoms with Gasteiger partial charge >= 0.3 is 0 Å². The van der Waals surface area contributed by atoms with Gasteiger partial charge in [-0.25, -0.2) is 18.7 Å². The summed E-state index contributed by atoms with van der Waals surface area (Å²) >= 11 is 0. The van der Waals surface area contributed by atoms with Gasteiger partial charge in [-0.05, 0) is 31.2 Å². The molecule has 0 aliphatic heterocycles. The zero-order chi connectivity index (χ0) is 17.1. The normalized spacial score (nSPS) is 11.5. The van der Waals surface area contributed by atoms with Crippen molar-refractivity contribution in [3.8, 4) is 11.6 Å². The van der Waals surface area contributed by atoms with Crippen molar-refractivity contribution in [2.75, 3.05) is 0 Å². The first-order valence-electron chi connectivity index (χ1n) is 6.90. The maximum absolute atomic E-state index is 13.8. The largest absolute Gasteiger partial charge is 0.432 e. The van der Waals surface area contributed by atoms with Crippen LogP contribution in [0.3, 0.4) is 0 Å². The Balaban J connectivity index is 2.05. The third-order valence-corrected chi connectivity index (χ3v) is 3.18. The molecule has 0 saturated heterocycles. The highest BCUT2D eigenvalue weighted by molar-refractivity contribution is 6.01. The summed E-state index contributed by atoms with van der Waals surface area (Å²) in [6.07, 6.45) is 4.45. The molecule has 0 aliphatic rings. The Hall–Kier alpha value is -3.29. The van der Waals surface area contributed by atoms with Crippen LogP contribution in [0.2, 0.25) is 0 Å². The monoisotopic (exact) mass is 330 g/mol. The van der Waals surface area contributed by atoms with Crippen LogP contribution in [0, 0.1) is 18.6 Å². The summed E-state index contributed by atoms with van der Waals surface area (Å²) in [6.45, 7) is 1.76. The summed E-state index contributed by atoms with van der Waals surface area (Å²) in [7, 11) is 0. The SMILES string of the molecule is Cc1cn(/C(=N\O)c2cccnc2Oc2c(F)cccc2F)cn1. The van der Waals surface area contributed by atoms with Crippen molar-refractivity contribution >= 4 is 5.84 Å². The van der Waals surface area contributed by atoms with Gasteiger partial charge < -0.3 is 9.94 Å². The quantitative estimate of drug-likeness (QED) is 0.346. The molecule has 0 unspecified atom stereocenters. The van der Waals surface area contributed by atoms with E-state index in [9.17, 15) is 14.0 Å². The molecular weight excluding hydrogens is 318 g/mol. The molecule has 0 saturated carbocycles. The average molecular weight is 330 g/mol. The van der Waals surface area contributed by atoms with E-state index < -0.39 is 17.4 Å². The van der Waals surface area contributed by atoms with E-state index in [1.165, 1.54) is 23.2 Å². The number of ether oxygens (including phenoxy) is 1. The second-order valence-corrected chi connectivity index (χ2v) is 4.85. The molecule has 8 heteroatoms. The van der Waals surface area contributed by atoms with Crippen LogP contribution < -0.4 is 4.74 Å². The molecule has 0 fully saturated rings. The van der Waals surface area contributed by atoms with Crippen LogP contribution in [0.25, 0.3) is 0 Å². The zero-order valence-electron chi connectivity index (χ0n) is 12.5. The summed E-state index contributed by atoms with van der Waals surface area (Å²) in [5.41, 5.74) is 0.933. The number of imidazole rings is 1. The predicted molar refractivity (Wildman–Crippen MR) is 81.4 cm³/mol. The van der Waals surface area contributed by atoms with Crippen LogP contribution in [0.15, 0.2) is 54.2 Å². The number of nitrogens with zero attached hydrogens (tertiary/aromatic N) is 4. The first-order valence-corrected chi connectivity index (χ1v) is 6.90. The molecule has 0 aliphatic carbocycles. The molecule has 1 N–H and O–H groups in total. The van der Waals surface area contributed by atoms with Gasteiger partial charge in [0.15, 0.2) is 17.5 Å². The summed E-state index contributed by atoms with van der Waals surface area (Å²) in [6, 6.07) is 6.49. The second kappa shape index (κ2) is 6.45. The van der Waals surface area contributed by atoms with E-state index in [0.717, 1.165) is 12.1 Å². The predicted octanol–water partition coefficient (Wildman–Crippen LogP) is 3.34. The van der Waals surface area contributed by atoms with E-state index >= 15 is 0 Å². The molecule has 3 aromatic rings. The number of halogens is 2. The smallest absolute Gasteiger partial charge is 0.230 e. The van der Waals surface area contributed by atoms with E-state index in [-0.39, 0.29) is 17.3 Å².